The van der Waals surface area contributed by atoms with Gasteiger partial charge < -0.3 is 19.3 Å². The van der Waals surface area contributed by atoms with Crippen LogP contribution in [0, 0.1) is 11.8 Å². The van der Waals surface area contributed by atoms with Gasteiger partial charge in [-0.1, -0.05) is 37.6 Å². The maximum absolute atomic E-state index is 12.7. The van der Waals surface area contributed by atoms with Crippen molar-refractivity contribution in [2.75, 3.05) is 14.2 Å². The second-order valence-electron chi connectivity index (χ2n) is 7.96. The largest absolute Gasteiger partial charge is 0.497 e. The summed E-state index contributed by atoms with van der Waals surface area (Å²) >= 11 is 0. The van der Waals surface area contributed by atoms with Gasteiger partial charge in [-0.15, -0.1) is 0 Å². The number of allylic oxidation sites excluding steroid dienone is 1. The maximum atomic E-state index is 12.7. The number of methoxy groups -OCH3 is 2. The summed E-state index contributed by atoms with van der Waals surface area (Å²) in [5.74, 6) is 1.04. The van der Waals surface area contributed by atoms with E-state index in [4.69, 9.17) is 14.2 Å². The van der Waals surface area contributed by atoms with Crippen molar-refractivity contribution < 1.29 is 24.1 Å². The molecule has 2 rings (SSSR count). The molecular weight excluding hydrogens is 356 g/mol. The molecule has 1 saturated carbocycles. The molecule has 0 heterocycles. The molecule has 5 heteroatoms. The molecular formula is C23H34O5. The van der Waals surface area contributed by atoms with Crippen LogP contribution in [0.4, 0.5) is 0 Å². The minimum absolute atomic E-state index is 0.0157. The molecule has 5 nitrogen and oxygen atoms in total. The van der Waals surface area contributed by atoms with E-state index in [1.807, 2.05) is 31.2 Å². The van der Waals surface area contributed by atoms with Gasteiger partial charge in [0.2, 0.25) is 0 Å². The van der Waals surface area contributed by atoms with E-state index < -0.39 is 18.3 Å². The molecule has 1 aromatic rings. The van der Waals surface area contributed by atoms with E-state index in [0.717, 1.165) is 29.7 Å². The highest BCUT2D eigenvalue weighted by Crippen LogP contribution is 2.32. The molecule has 156 valence electrons. The van der Waals surface area contributed by atoms with Gasteiger partial charge in [0.05, 0.1) is 31.8 Å². The number of carbonyl (C=O) groups excluding carboxylic acids is 1. The molecule has 0 amide bonds. The second kappa shape index (κ2) is 10.7. The fourth-order valence-electron chi connectivity index (χ4n) is 3.72. The van der Waals surface area contributed by atoms with Crippen LogP contribution in [-0.2, 0) is 20.9 Å². The highest BCUT2D eigenvalue weighted by molar-refractivity contribution is 5.86. The lowest BCUT2D eigenvalue weighted by atomic mass is 9.77. The van der Waals surface area contributed by atoms with E-state index >= 15 is 0 Å². The van der Waals surface area contributed by atoms with Crippen molar-refractivity contribution in [2.45, 2.75) is 65.0 Å². The smallest absolute Gasteiger partial charge is 0.145 e. The van der Waals surface area contributed by atoms with Crippen molar-refractivity contribution in [2.24, 2.45) is 11.8 Å². The average Bonchev–Trinajstić information content (AvgIpc) is 2.66. The normalized spacial score (nSPS) is 26.0. The molecule has 4 unspecified atom stereocenters. The zero-order valence-corrected chi connectivity index (χ0v) is 17.7. The van der Waals surface area contributed by atoms with Gasteiger partial charge in [-0.3, -0.25) is 4.79 Å². The number of aliphatic hydroxyl groups is 1. The van der Waals surface area contributed by atoms with Crippen LogP contribution in [0.3, 0.4) is 0 Å². The van der Waals surface area contributed by atoms with Crippen molar-refractivity contribution in [3.63, 3.8) is 0 Å². The van der Waals surface area contributed by atoms with Gasteiger partial charge in [-0.25, -0.2) is 0 Å². The fourth-order valence-corrected chi connectivity index (χ4v) is 3.72. The van der Waals surface area contributed by atoms with Crippen molar-refractivity contribution >= 4 is 5.78 Å². The molecule has 1 fully saturated rings. The van der Waals surface area contributed by atoms with Gasteiger partial charge in [0.1, 0.15) is 17.6 Å². The van der Waals surface area contributed by atoms with Crippen LogP contribution in [0.5, 0.6) is 5.75 Å². The Labute approximate surface area is 168 Å². The molecule has 0 saturated heterocycles. The van der Waals surface area contributed by atoms with Crippen molar-refractivity contribution in [1.29, 1.82) is 0 Å². The Morgan fingerprint density at radius 1 is 1.21 bits per heavy atom. The molecule has 28 heavy (non-hydrogen) atoms. The fraction of sp³-hybridized carbons (Fsp3) is 0.609. The van der Waals surface area contributed by atoms with E-state index in [0.29, 0.717) is 12.5 Å². The zero-order valence-electron chi connectivity index (χ0n) is 17.7. The maximum Gasteiger partial charge on any atom is 0.145 e. The van der Waals surface area contributed by atoms with Gasteiger partial charge in [0.15, 0.2) is 0 Å². The Kier molecular flexibility index (Phi) is 8.67. The Morgan fingerprint density at radius 3 is 2.46 bits per heavy atom. The van der Waals surface area contributed by atoms with E-state index in [2.05, 4.69) is 19.9 Å². The summed E-state index contributed by atoms with van der Waals surface area (Å²) in [5.41, 5.74) is 1.97. The van der Waals surface area contributed by atoms with Crippen LogP contribution < -0.4 is 4.74 Å². The predicted octanol–water partition coefficient (Wildman–Crippen LogP) is 3.93. The lowest BCUT2D eigenvalue weighted by molar-refractivity contribution is -0.165. The topological polar surface area (TPSA) is 65.0 Å². The second-order valence-corrected chi connectivity index (χ2v) is 7.96. The lowest BCUT2D eigenvalue weighted by Gasteiger charge is -2.39. The summed E-state index contributed by atoms with van der Waals surface area (Å²) in [6.45, 7) is 6.69. The van der Waals surface area contributed by atoms with E-state index in [1.165, 1.54) is 0 Å². The minimum atomic E-state index is -0.865. The first kappa shape index (κ1) is 22.6. The van der Waals surface area contributed by atoms with E-state index in [9.17, 15) is 9.90 Å². The number of carbonyl (C=O) groups is 1. The molecule has 0 bridgehead atoms. The quantitative estimate of drug-likeness (QED) is 0.647. The number of benzene rings is 1. The van der Waals surface area contributed by atoms with Crippen molar-refractivity contribution in [3.05, 3.63) is 41.5 Å². The first-order chi connectivity index (χ1) is 13.4. The standard InChI is InChI=1S/C23H34O5/c1-15(2)7-6-8-16(3)21-19(24)13-20(25)22(23(21)27-5)28-14-17-9-11-18(26-4)12-10-17/h8-12,15,20-23,25H,6-7,13-14H2,1-5H3/b16-8+. The third-order valence-corrected chi connectivity index (χ3v) is 5.36. The van der Waals surface area contributed by atoms with Crippen LogP contribution in [-0.4, -0.2) is 43.4 Å². The van der Waals surface area contributed by atoms with Gasteiger partial charge in [0, 0.05) is 13.5 Å². The molecule has 1 N–H and O–H groups in total. The number of ether oxygens (including phenoxy) is 3. The predicted molar refractivity (Wildman–Crippen MR) is 109 cm³/mol. The summed E-state index contributed by atoms with van der Waals surface area (Å²) in [5, 5.41) is 10.5. The van der Waals surface area contributed by atoms with E-state index in [-0.39, 0.29) is 18.1 Å². The summed E-state index contributed by atoms with van der Waals surface area (Å²) in [6.07, 6.45) is 2.32. The molecule has 0 aromatic heterocycles. The van der Waals surface area contributed by atoms with Crippen molar-refractivity contribution in [3.8, 4) is 5.75 Å². The number of rotatable bonds is 9. The third-order valence-electron chi connectivity index (χ3n) is 5.36. The number of aliphatic hydroxyl groups excluding tert-OH is 1. The Bertz CT molecular complexity index is 649. The Balaban J connectivity index is 2.10. The zero-order chi connectivity index (χ0) is 20.7. The highest BCUT2D eigenvalue weighted by atomic mass is 16.5. The van der Waals surface area contributed by atoms with Gasteiger partial charge in [-0.05, 0) is 43.4 Å². The summed E-state index contributed by atoms with van der Waals surface area (Å²) in [4.78, 5) is 12.7. The molecule has 0 spiro atoms. The van der Waals surface area contributed by atoms with Gasteiger partial charge in [0.25, 0.3) is 0 Å². The van der Waals surface area contributed by atoms with Gasteiger partial charge in [-0.2, -0.15) is 0 Å². The molecule has 1 aliphatic rings. The summed E-state index contributed by atoms with van der Waals surface area (Å²) in [7, 11) is 3.20. The lowest BCUT2D eigenvalue weighted by Crippen LogP contribution is -2.53. The number of hydrogen-bond donors (Lipinski definition) is 1. The van der Waals surface area contributed by atoms with Crippen LogP contribution in [0.1, 0.15) is 45.6 Å². The SMILES string of the molecule is COc1ccc(COC2C(O)CC(=O)C(/C(C)=C/CCC(C)C)C2OC)cc1. The number of Topliss-reactive ketones (excluding diaryl/α,β-unsaturated/α-hetero) is 1. The number of ketones is 1. The molecule has 0 aliphatic heterocycles. The number of hydrogen-bond acceptors (Lipinski definition) is 5. The molecule has 4 atom stereocenters. The van der Waals surface area contributed by atoms with Crippen LogP contribution in [0.2, 0.25) is 0 Å². The first-order valence-electron chi connectivity index (χ1n) is 10.0. The van der Waals surface area contributed by atoms with Crippen LogP contribution >= 0.6 is 0 Å². The third kappa shape index (κ3) is 5.90. The average molecular weight is 391 g/mol. The van der Waals surface area contributed by atoms with Crippen LogP contribution in [0.15, 0.2) is 35.9 Å². The Morgan fingerprint density at radius 2 is 1.89 bits per heavy atom. The molecule has 1 aliphatic carbocycles. The van der Waals surface area contributed by atoms with Crippen molar-refractivity contribution in [1.82, 2.24) is 0 Å². The summed E-state index contributed by atoms with van der Waals surface area (Å²) < 4.78 is 16.9. The Hall–Kier alpha value is -1.69. The molecule has 0 radical (unpaired) electrons. The van der Waals surface area contributed by atoms with Crippen LogP contribution in [0.25, 0.3) is 0 Å². The van der Waals surface area contributed by atoms with E-state index in [1.54, 1.807) is 14.2 Å². The minimum Gasteiger partial charge on any atom is -0.497 e. The van der Waals surface area contributed by atoms with Gasteiger partial charge >= 0.3 is 0 Å². The highest BCUT2D eigenvalue weighted by Gasteiger charge is 2.45. The summed E-state index contributed by atoms with van der Waals surface area (Å²) in [6, 6.07) is 7.60. The first-order valence-corrected chi connectivity index (χ1v) is 10.0. The monoisotopic (exact) mass is 390 g/mol. The molecule has 1 aromatic carbocycles.